The molecule has 0 saturated heterocycles. The molecular formula is C19H27Cl2NO3. The fraction of sp³-hybridized carbons (Fsp3) is 0.579. The second-order valence-corrected chi connectivity index (χ2v) is 9.35. The molecule has 0 aliphatic carbocycles. The number of alkyl halides is 2. The van der Waals surface area contributed by atoms with E-state index in [4.69, 9.17) is 27.9 Å². The van der Waals surface area contributed by atoms with Crippen molar-refractivity contribution < 1.29 is 14.3 Å². The Morgan fingerprint density at radius 2 is 1.40 bits per heavy atom. The zero-order valence-corrected chi connectivity index (χ0v) is 17.7. The van der Waals surface area contributed by atoms with E-state index in [1.165, 1.54) is 7.05 Å². The van der Waals surface area contributed by atoms with Crippen molar-refractivity contribution in [1.29, 1.82) is 0 Å². The summed E-state index contributed by atoms with van der Waals surface area (Å²) < 4.78 is 5.67. The van der Waals surface area contributed by atoms with E-state index in [1.807, 2.05) is 60.6 Å². The SMILES string of the molecule is Cc1cc(C(C)(C)C)c(OC(=O)N(C)C(=O)C(Cl)Cl)c(C(C)(C)C)c1. The number of hydrogen-bond donors (Lipinski definition) is 0. The Bertz CT molecular complexity index is 635. The molecule has 6 heteroatoms. The van der Waals surface area contributed by atoms with Crippen LogP contribution in [-0.4, -0.2) is 28.8 Å². The normalized spacial score (nSPS) is 12.3. The van der Waals surface area contributed by atoms with Gasteiger partial charge in [0, 0.05) is 18.2 Å². The van der Waals surface area contributed by atoms with Gasteiger partial charge in [0.25, 0.3) is 5.91 Å². The number of carbonyl (C=O) groups excluding carboxylic acids is 2. The van der Waals surface area contributed by atoms with Crippen molar-refractivity contribution in [3.8, 4) is 5.75 Å². The standard InChI is InChI=1S/C19H27Cl2NO3/c1-11-9-12(18(2,3)4)14(13(10-11)19(5,6)7)25-17(24)22(8)16(23)15(20)21/h9-10,15H,1-8H3. The second kappa shape index (κ2) is 7.55. The van der Waals surface area contributed by atoms with E-state index >= 15 is 0 Å². The first-order chi connectivity index (χ1) is 11.2. The van der Waals surface area contributed by atoms with E-state index in [9.17, 15) is 9.59 Å². The minimum Gasteiger partial charge on any atom is -0.409 e. The predicted molar refractivity (Wildman–Crippen MR) is 103 cm³/mol. The molecule has 1 rings (SSSR count). The van der Waals surface area contributed by atoms with Crippen molar-refractivity contribution in [1.82, 2.24) is 4.90 Å². The fourth-order valence-corrected chi connectivity index (χ4v) is 2.68. The Morgan fingerprint density at radius 1 is 1.00 bits per heavy atom. The number of aryl methyl sites for hydroxylation is 1. The molecule has 0 saturated carbocycles. The first-order valence-corrected chi connectivity index (χ1v) is 8.96. The Balaban J connectivity index is 3.47. The summed E-state index contributed by atoms with van der Waals surface area (Å²) in [5.74, 6) is -0.244. The van der Waals surface area contributed by atoms with Crippen LogP contribution in [0.1, 0.15) is 58.2 Å². The van der Waals surface area contributed by atoms with Crippen molar-refractivity contribution in [3.63, 3.8) is 0 Å². The van der Waals surface area contributed by atoms with Crippen LogP contribution in [0.15, 0.2) is 12.1 Å². The summed E-state index contributed by atoms with van der Waals surface area (Å²) in [6.45, 7) is 14.3. The van der Waals surface area contributed by atoms with Gasteiger partial charge in [-0.3, -0.25) is 4.79 Å². The summed E-state index contributed by atoms with van der Waals surface area (Å²) in [5, 5.41) is 0. The van der Waals surface area contributed by atoms with Crippen LogP contribution < -0.4 is 4.74 Å². The minimum absolute atomic E-state index is 0.244. The van der Waals surface area contributed by atoms with E-state index in [0.29, 0.717) is 5.75 Å². The molecule has 0 unspecified atom stereocenters. The van der Waals surface area contributed by atoms with Gasteiger partial charge in [-0.2, -0.15) is 0 Å². The van der Waals surface area contributed by atoms with E-state index in [1.54, 1.807) is 0 Å². The van der Waals surface area contributed by atoms with Gasteiger partial charge in [0.1, 0.15) is 5.75 Å². The number of halogens is 2. The molecule has 0 bridgehead atoms. The third kappa shape index (κ3) is 5.35. The zero-order valence-electron chi connectivity index (χ0n) is 16.2. The Kier molecular flexibility index (Phi) is 6.57. The summed E-state index contributed by atoms with van der Waals surface area (Å²) in [5.41, 5.74) is 2.40. The molecule has 140 valence electrons. The van der Waals surface area contributed by atoms with Gasteiger partial charge in [-0.05, 0) is 17.8 Å². The highest BCUT2D eigenvalue weighted by molar-refractivity contribution is 6.53. The molecule has 4 nitrogen and oxygen atoms in total. The van der Waals surface area contributed by atoms with Gasteiger partial charge in [-0.15, -0.1) is 0 Å². The molecule has 2 amide bonds. The van der Waals surface area contributed by atoms with Gasteiger partial charge in [0.15, 0.2) is 4.84 Å². The molecule has 1 aromatic carbocycles. The molecular weight excluding hydrogens is 361 g/mol. The lowest BCUT2D eigenvalue weighted by Gasteiger charge is -2.30. The fourth-order valence-electron chi connectivity index (χ4n) is 2.39. The summed E-state index contributed by atoms with van der Waals surface area (Å²) in [4.78, 5) is 23.8. The molecule has 25 heavy (non-hydrogen) atoms. The van der Waals surface area contributed by atoms with Crippen molar-refractivity contribution >= 4 is 35.2 Å². The maximum absolute atomic E-state index is 12.5. The third-order valence-corrected chi connectivity index (χ3v) is 4.20. The average molecular weight is 388 g/mol. The third-order valence-electron chi connectivity index (χ3n) is 3.83. The smallest absolute Gasteiger partial charge is 0.409 e. The number of hydrogen-bond acceptors (Lipinski definition) is 3. The van der Waals surface area contributed by atoms with Gasteiger partial charge < -0.3 is 4.74 Å². The zero-order chi connectivity index (χ0) is 19.7. The molecule has 1 aromatic rings. The lowest BCUT2D eigenvalue weighted by molar-refractivity contribution is -0.126. The summed E-state index contributed by atoms with van der Waals surface area (Å²) in [6, 6.07) is 4.01. The monoisotopic (exact) mass is 387 g/mol. The Morgan fingerprint density at radius 3 is 1.72 bits per heavy atom. The highest BCUT2D eigenvalue weighted by Gasteiger charge is 2.31. The van der Waals surface area contributed by atoms with E-state index < -0.39 is 16.8 Å². The van der Waals surface area contributed by atoms with Gasteiger partial charge in [-0.1, -0.05) is 82.4 Å². The lowest BCUT2D eigenvalue weighted by atomic mass is 9.78. The highest BCUT2D eigenvalue weighted by Crippen LogP contribution is 2.40. The molecule has 0 spiro atoms. The number of carbonyl (C=O) groups is 2. The molecule has 0 aromatic heterocycles. The number of ether oxygens (including phenoxy) is 1. The van der Waals surface area contributed by atoms with Gasteiger partial charge >= 0.3 is 6.09 Å². The maximum atomic E-state index is 12.5. The number of rotatable bonds is 2. The van der Waals surface area contributed by atoms with Crippen LogP contribution >= 0.6 is 23.2 Å². The van der Waals surface area contributed by atoms with Crippen LogP contribution in [0.3, 0.4) is 0 Å². The van der Waals surface area contributed by atoms with Crippen LogP contribution in [0, 0.1) is 6.92 Å². The van der Waals surface area contributed by atoms with Crippen LogP contribution in [0.5, 0.6) is 5.75 Å². The first kappa shape index (κ1) is 21.8. The largest absolute Gasteiger partial charge is 0.421 e. The van der Waals surface area contributed by atoms with Gasteiger partial charge in [-0.25, -0.2) is 9.69 Å². The molecule has 0 N–H and O–H groups in total. The number of amides is 2. The molecule has 0 aliphatic rings. The van der Waals surface area contributed by atoms with Crippen molar-refractivity contribution in [2.45, 2.75) is 64.1 Å². The van der Waals surface area contributed by atoms with Crippen LogP contribution in [0.4, 0.5) is 4.79 Å². The van der Waals surface area contributed by atoms with Gasteiger partial charge in [0.2, 0.25) is 0 Å². The Labute approximate surface area is 160 Å². The topological polar surface area (TPSA) is 46.6 Å². The van der Waals surface area contributed by atoms with Crippen LogP contribution in [-0.2, 0) is 15.6 Å². The number of imide groups is 1. The molecule has 0 fully saturated rings. The first-order valence-electron chi connectivity index (χ1n) is 8.09. The van der Waals surface area contributed by atoms with Crippen LogP contribution in [0.2, 0.25) is 0 Å². The predicted octanol–water partition coefficient (Wildman–Crippen LogP) is 5.35. The average Bonchev–Trinajstić information content (AvgIpc) is 2.44. The molecule has 0 aliphatic heterocycles. The summed E-state index contributed by atoms with van der Waals surface area (Å²) >= 11 is 11.1. The maximum Gasteiger partial charge on any atom is 0.421 e. The van der Waals surface area contributed by atoms with E-state index in [2.05, 4.69) is 0 Å². The molecule has 0 heterocycles. The number of nitrogens with zero attached hydrogens (tertiary/aromatic N) is 1. The molecule has 0 atom stereocenters. The van der Waals surface area contributed by atoms with Gasteiger partial charge in [0.05, 0.1) is 0 Å². The minimum atomic E-state index is -1.32. The van der Waals surface area contributed by atoms with Crippen molar-refractivity contribution in [2.24, 2.45) is 0 Å². The van der Waals surface area contributed by atoms with E-state index in [0.717, 1.165) is 21.6 Å². The van der Waals surface area contributed by atoms with Crippen molar-refractivity contribution in [3.05, 3.63) is 28.8 Å². The lowest BCUT2D eigenvalue weighted by Crippen LogP contribution is -2.39. The summed E-state index contributed by atoms with van der Waals surface area (Å²) in [7, 11) is 1.30. The van der Waals surface area contributed by atoms with Crippen molar-refractivity contribution in [2.75, 3.05) is 7.05 Å². The van der Waals surface area contributed by atoms with E-state index in [-0.39, 0.29) is 10.8 Å². The Hall–Kier alpha value is -1.26. The second-order valence-electron chi connectivity index (χ2n) is 8.26. The van der Waals surface area contributed by atoms with Crippen LogP contribution in [0.25, 0.3) is 0 Å². The quantitative estimate of drug-likeness (QED) is 0.642. The highest BCUT2D eigenvalue weighted by atomic mass is 35.5. The molecule has 0 radical (unpaired) electrons. The summed E-state index contributed by atoms with van der Waals surface area (Å²) in [6.07, 6.45) is -0.809. The number of benzene rings is 1.